The van der Waals surface area contributed by atoms with Crippen LogP contribution >= 0.6 is 23.2 Å². The highest BCUT2D eigenvalue weighted by Crippen LogP contribution is 2.26. The van der Waals surface area contributed by atoms with Crippen LogP contribution in [0.3, 0.4) is 0 Å². The Kier molecular flexibility index (Phi) is 5.04. The molecule has 1 amide bonds. The molecule has 0 aliphatic rings. The number of imidazole rings is 1. The highest BCUT2D eigenvalue weighted by Gasteiger charge is 2.22. The van der Waals surface area contributed by atoms with Crippen molar-refractivity contribution in [2.24, 2.45) is 7.05 Å². The van der Waals surface area contributed by atoms with E-state index in [1.54, 1.807) is 35.9 Å². The molecule has 9 heteroatoms. The second-order valence-electron chi connectivity index (χ2n) is 5.43. The van der Waals surface area contributed by atoms with E-state index in [1.165, 1.54) is 30.5 Å². The topological polar surface area (TPSA) is 81.1 Å². The Labute approximate surface area is 160 Å². The summed E-state index contributed by atoms with van der Waals surface area (Å²) >= 11 is 12.0. The number of carbonyl (C=O) groups is 1. The summed E-state index contributed by atoms with van der Waals surface area (Å²) < 4.78 is 28.3. The molecule has 3 rings (SSSR count). The standard InChI is InChI=1S/C17H13Cl2N3O3S/c1-22-10-15(20-16(22)13-7-2-3-8-14(13)19)17(23)21-26(24,25)12-6-4-5-11(18)9-12/h2-10H,1H3,(H,21,23). The van der Waals surface area contributed by atoms with Crippen molar-refractivity contribution in [1.82, 2.24) is 14.3 Å². The first-order chi connectivity index (χ1) is 12.3. The van der Waals surface area contributed by atoms with Gasteiger partial charge in [-0.3, -0.25) is 4.79 Å². The fourth-order valence-corrected chi connectivity index (χ4v) is 3.82. The molecule has 0 spiro atoms. The van der Waals surface area contributed by atoms with Crippen molar-refractivity contribution in [3.8, 4) is 11.4 Å². The molecule has 0 saturated heterocycles. The zero-order valence-corrected chi connectivity index (χ0v) is 15.8. The number of benzene rings is 2. The maximum absolute atomic E-state index is 12.4. The lowest BCUT2D eigenvalue weighted by Crippen LogP contribution is -2.30. The molecule has 6 nitrogen and oxygen atoms in total. The molecule has 0 fully saturated rings. The molecule has 134 valence electrons. The van der Waals surface area contributed by atoms with E-state index in [2.05, 4.69) is 4.98 Å². The van der Waals surface area contributed by atoms with Crippen LogP contribution in [0, 0.1) is 0 Å². The lowest BCUT2D eigenvalue weighted by Gasteiger charge is -2.05. The maximum atomic E-state index is 12.4. The van der Waals surface area contributed by atoms with Gasteiger partial charge in [0.15, 0.2) is 0 Å². The Bertz CT molecular complexity index is 1090. The van der Waals surface area contributed by atoms with Crippen LogP contribution in [-0.4, -0.2) is 23.9 Å². The summed E-state index contributed by atoms with van der Waals surface area (Å²) in [5.74, 6) is -0.403. The van der Waals surface area contributed by atoms with Crippen LogP contribution in [0.1, 0.15) is 10.5 Å². The van der Waals surface area contributed by atoms with Gasteiger partial charge in [-0.25, -0.2) is 18.1 Å². The monoisotopic (exact) mass is 409 g/mol. The third-order valence-corrected chi connectivity index (χ3v) is 5.45. The minimum Gasteiger partial charge on any atom is -0.333 e. The minimum atomic E-state index is -4.07. The molecule has 0 atom stereocenters. The molecule has 0 bridgehead atoms. The third-order valence-electron chi connectivity index (χ3n) is 3.56. The Morgan fingerprint density at radius 3 is 2.54 bits per heavy atom. The highest BCUT2D eigenvalue weighted by molar-refractivity contribution is 7.90. The number of sulfonamides is 1. The zero-order chi connectivity index (χ0) is 18.9. The number of hydrogen-bond donors (Lipinski definition) is 1. The molecule has 0 aliphatic heterocycles. The van der Waals surface area contributed by atoms with E-state index in [-0.39, 0.29) is 15.6 Å². The smallest absolute Gasteiger partial charge is 0.285 e. The van der Waals surface area contributed by atoms with Crippen molar-refractivity contribution in [2.45, 2.75) is 4.90 Å². The van der Waals surface area contributed by atoms with Gasteiger partial charge in [-0.2, -0.15) is 0 Å². The van der Waals surface area contributed by atoms with Crippen LogP contribution in [0.4, 0.5) is 0 Å². The Morgan fingerprint density at radius 2 is 1.85 bits per heavy atom. The molecule has 0 unspecified atom stereocenters. The lowest BCUT2D eigenvalue weighted by molar-refractivity contribution is 0.0977. The van der Waals surface area contributed by atoms with Gasteiger partial charge in [0.1, 0.15) is 11.5 Å². The molecule has 0 aliphatic carbocycles. The number of nitrogens with one attached hydrogen (secondary N) is 1. The predicted molar refractivity (Wildman–Crippen MR) is 99.8 cm³/mol. The van der Waals surface area contributed by atoms with Crippen LogP contribution in [0.25, 0.3) is 11.4 Å². The van der Waals surface area contributed by atoms with Gasteiger partial charge < -0.3 is 4.57 Å². The van der Waals surface area contributed by atoms with E-state index >= 15 is 0 Å². The predicted octanol–water partition coefficient (Wildman–Crippen LogP) is 3.51. The Hall–Kier alpha value is -2.35. The van der Waals surface area contributed by atoms with Crippen molar-refractivity contribution in [3.63, 3.8) is 0 Å². The van der Waals surface area contributed by atoms with E-state index in [0.29, 0.717) is 16.4 Å². The molecule has 2 aromatic carbocycles. The number of hydrogen-bond acceptors (Lipinski definition) is 4. The zero-order valence-electron chi connectivity index (χ0n) is 13.5. The number of rotatable bonds is 4. The first kappa shape index (κ1) is 18.4. The SMILES string of the molecule is Cn1cc(C(=O)NS(=O)(=O)c2cccc(Cl)c2)nc1-c1ccccc1Cl. The van der Waals surface area contributed by atoms with Crippen molar-refractivity contribution < 1.29 is 13.2 Å². The summed E-state index contributed by atoms with van der Waals surface area (Å²) in [4.78, 5) is 16.5. The number of carbonyl (C=O) groups excluding carboxylic acids is 1. The normalized spacial score (nSPS) is 11.3. The van der Waals surface area contributed by atoms with Crippen molar-refractivity contribution in [3.05, 3.63) is 70.5 Å². The average Bonchev–Trinajstić information content (AvgIpc) is 2.97. The van der Waals surface area contributed by atoms with E-state index < -0.39 is 15.9 Å². The summed E-state index contributed by atoms with van der Waals surface area (Å²) in [5, 5.41) is 0.721. The molecule has 1 heterocycles. The average molecular weight is 410 g/mol. The molecule has 0 saturated carbocycles. The quantitative estimate of drug-likeness (QED) is 0.714. The van der Waals surface area contributed by atoms with Crippen molar-refractivity contribution in [2.75, 3.05) is 0 Å². The fourth-order valence-electron chi connectivity index (χ4n) is 2.34. The van der Waals surface area contributed by atoms with Gasteiger partial charge in [0, 0.05) is 23.8 Å². The molecule has 1 N–H and O–H groups in total. The van der Waals surface area contributed by atoms with Gasteiger partial charge in [-0.1, -0.05) is 41.4 Å². The van der Waals surface area contributed by atoms with Gasteiger partial charge in [0.2, 0.25) is 0 Å². The number of amides is 1. The summed E-state index contributed by atoms with van der Waals surface area (Å²) in [6.45, 7) is 0. The molecule has 3 aromatic rings. The van der Waals surface area contributed by atoms with Gasteiger partial charge in [-0.15, -0.1) is 0 Å². The van der Waals surface area contributed by atoms with Crippen LogP contribution < -0.4 is 4.72 Å². The highest BCUT2D eigenvalue weighted by atomic mass is 35.5. The fraction of sp³-hybridized carbons (Fsp3) is 0.0588. The van der Waals surface area contributed by atoms with Gasteiger partial charge in [0.25, 0.3) is 15.9 Å². The van der Waals surface area contributed by atoms with Crippen LogP contribution in [0.5, 0.6) is 0 Å². The van der Waals surface area contributed by atoms with E-state index in [1.807, 2.05) is 4.72 Å². The Balaban J connectivity index is 1.90. The number of aromatic nitrogens is 2. The van der Waals surface area contributed by atoms with Crippen molar-refractivity contribution in [1.29, 1.82) is 0 Å². The van der Waals surface area contributed by atoms with E-state index in [0.717, 1.165) is 0 Å². The summed E-state index contributed by atoms with van der Waals surface area (Å²) in [6.07, 6.45) is 1.43. The molecular weight excluding hydrogens is 397 g/mol. The Morgan fingerprint density at radius 1 is 1.12 bits per heavy atom. The first-order valence-corrected chi connectivity index (χ1v) is 9.63. The number of aryl methyl sites for hydroxylation is 1. The third kappa shape index (κ3) is 3.75. The van der Waals surface area contributed by atoms with Crippen LogP contribution in [-0.2, 0) is 17.1 Å². The first-order valence-electron chi connectivity index (χ1n) is 7.39. The molecular formula is C17H13Cl2N3O3S. The summed E-state index contributed by atoms with van der Waals surface area (Å²) in [6, 6.07) is 12.7. The number of halogens is 2. The van der Waals surface area contributed by atoms with Crippen molar-refractivity contribution >= 4 is 39.1 Å². The largest absolute Gasteiger partial charge is 0.333 e. The summed E-state index contributed by atoms with van der Waals surface area (Å²) in [7, 11) is -2.38. The van der Waals surface area contributed by atoms with Crippen LogP contribution in [0.2, 0.25) is 10.0 Å². The minimum absolute atomic E-state index is 0.0481. The second kappa shape index (κ2) is 7.11. The van der Waals surface area contributed by atoms with Crippen LogP contribution in [0.15, 0.2) is 59.6 Å². The van der Waals surface area contributed by atoms with Gasteiger partial charge in [0.05, 0.1) is 9.92 Å². The van der Waals surface area contributed by atoms with Gasteiger partial charge in [-0.05, 0) is 30.3 Å². The van der Waals surface area contributed by atoms with Gasteiger partial charge >= 0.3 is 0 Å². The second-order valence-corrected chi connectivity index (χ2v) is 7.96. The molecule has 26 heavy (non-hydrogen) atoms. The molecule has 0 radical (unpaired) electrons. The number of nitrogens with zero attached hydrogens (tertiary/aromatic N) is 2. The summed E-state index contributed by atoms with van der Waals surface area (Å²) in [5.41, 5.74) is 0.585. The molecule has 1 aromatic heterocycles. The lowest BCUT2D eigenvalue weighted by atomic mass is 10.2. The van der Waals surface area contributed by atoms with E-state index in [4.69, 9.17) is 23.2 Å². The van der Waals surface area contributed by atoms with E-state index in [9.17, 15) is 13.2 Å². The maximum Gasteiger partial charge on any atom is 0.285 e.